The van der Waals surface area contributed by atoms with Gasteiger partial charge in [-0.3, -0.25) is 9.59 Å². The SMILES string of the molecule is Cc1ccc(F)cc1NC(=O)[C@@H](C)c1cccc(C(=O)c2ccccc2)c1. The van der Waals surface area contributed by atoms with Gasteiger partial charge in [-0.25, -0.2) is 4.39 Å². The number of nitrogens with one attached hydrogen (secondary N) is 1. The van der Waals surface area contributed by atoms with Crippen LogP contribution in [0.4, 0.5) is 10.1 Å². The van der Waals surface area contributed by atoms with E-state index in [0.717, 1.165) is 11.1 Å². The molecule has 136 valence electrons. The highest BCUT2D eigenvalue weighted by Gasteiger charge is 2.18. The highest BCUT2D eigenvalue weighted by molar-refractivity contribution is 6.09. The van der Waals surface area contributed by atoms with Crippen molar-refractivity contribution in [3.8, 4) is 0 Å². The summed E-state index contributed by atoms with van der Waals surface area (Å²) in [4.78, 5) is 25.2. The summed E-state index contributed by atoms with van der Waals surface area (Å²) in [5.74, 6) is -1.24. The van der Waals surface area contributed by atoms with E-state index >= 15 is 0 Å². The van der Waals surface area contributed by atoms with Crippen LogP contribution in [0, 0.1) is 12.7 Å². The number of halogens is 1. The molecular formula is C23H20FNO2. The first-order valence-corrected chi connectivity index (χ1v) is 8.72. The summed E-state index contributed by atoms with van der Waals surface area (Å²) in [6.45, 7) is 3.56. The molecule has 0 heterocycles. The fourth-order valence-corrected chi connectivity index (χ4v) is 2.83. The molecule has 0 radical (unpaired) electrons. The number of amides is 1. The lowest BCUT2D eigenvalue weighted by molar-refractivity contribution is -0.117. The van der Waals surface area contributed by atoms with E-state index in [4.69, 9.17) is 0 Å². The van der Waals surface area contributed by atoms with Crippen molar-refractivity contribution < 1.29 is 14.0 Å². The predicted octanol–water partition coefficient (Wildman–Crippen LogP) is 5.11. The Bertz CT molecular complexity index is 983. The van der Waals surface area contributed by atoms with Crippen LogP contribution in [0.25, 0.3) is 0 Å². The van der Waals surface area contributed by atoms with Crippen LogP contribution in [-0.4, -0.2) is 11.7 Å². The van der Waals surface area contributed by atoms with Gasteiger partial charge in [0.15, 0.2) is 5.78 Å². The Morgan fingerprint density at radius 1 is 0.889 bits per heavy atom. The Balaban J connectivity index is 1.80. The van der Waals surface area contributed by atoms with Gasteiger partial charge in [0, 0.05) is 16.8 Å². The van der Waals surface area contributed by atoms with Gasteiger partial charge in [0.2, 0.25) is 5.91 Å². The number of benzene rings is 3. The molecule has 0 unspecified atom stereocenters. The van der Waals surface area contributed by atoms with Gasteiger partial charge in [-0.15, -0.1) is 0 Å². The molecule has 0 aliphatic rings. The number of hydrogen-bond donors (Lipinski definition) is 1. The minimum atomic E-state index is -0.490. The molecular weight excluding hydrogens is 341 g/mol. The Labute approximate surface area is 157 Å². The van der Waals surface area contributed by atoms with Crippen LogP contribution in [-0.2, 0) is 4.79 Å². The van der Waals surface area contributed by atoms with E-state index in [0.29, 0.717) is 16.8 Å². The van der Waals surface area contributed by atoms with Crippen LogP contribution in [0.3, 0.4) is 0 Å². The van der Waals surface area contributed by atoms with Crippen LogP contribution in [0.15, 0.2) is 72.8 Å². The molecule has 3 rings (SSSR count). The molecule has 1 N–H and O–H groups in total. The van der Waals surface area contributed by atoms with Crippen molar-refractivity contribution in [2.75, 3.05) is 5.32 Å². The van der Waals surface area contributed by atoms with Crippen molar-refractivity contribution >= 4 is 17.4 Å². The van der Waals surface area contributed by atoms with E-state index in [1.165, 1.54) is 12.1 Å². The molecule has 3 aromatic rings. The van der Waals surface area contributed by atoms with Crippen molar-refractivity contribution in [2.24, 2.45) is 0 Å². The van der Waals surface area contributed by atoms with Gasteiger partial charge in [0.05, 0.1) is 5.92 Å². The number of carbonyl (C=O) groups excluding carboxylic acids is 2. The monoisotopic (exact) mass is 361 g/mol. The lowest BCUT2D eigenvalue weighted by Crippen LogP contribution is -2.19. The Morgan fingerprint density at radius 3 is 2.33 bits per heavy atom. The standard InChI is InChI=1S/C23H20FNO2/c1-15-11-12-20(24)14-21(15)25-23(27)16(2)18-9-6-10-19(13-18)22(26)17-7-4-3-5-8-17/h3-14,16H,1-2H3,(H,25,27)/t16-/m0/s1. The molecule has 3 aromatic carbocycles. The predicted molar refractivity (Wildman–Crippen MR) is 104 cm³/mol. The molecule has 0 saturated carbocycles. The lowest BCUT2D eigenvalue weighted by atomic mass is 9.95. The van der Waals surface area contributed by atoms with Crippen LogP contribution < -0.4 is 5.32 Å². The topological polar surface area (TPSA) is 46.2 Å². The van der Waals surface area contributed by atoms with Gasteiger partial charge in [0.1, 0.15) is 5.82 Å². The summed E-state index contributed by atoms with van der Waals surface area (Å²) in [5, 5.41) is 2.77. The van der Waals surface area contributed by atoms with Crippen LogP contribution in [0.1, 0.15) is 39.9 Å². The van der Waals surface area contributed by atoms with Gasteiger partial charge in [-0.05, 0) is 43.2 Å². The van der Waals surface area contributed by atoms with Crippen LogP contribution in [0.5, 0.6) is 0 Å². The third-order valence-electron chi connectivity index (χ3n) is 4.54. The van der Waals surface area contributed by atoms with E-state index < -0.39 is 11.7 Å². The fraction of sp³-hybridized carbons (Fsp3) is 0.130. The molecule has 3 nitrogen and oxygen atoms in total. The third kappa shape index (κ3) is 4.29. The number of aryl methyl sites for hydroxylation is 1. The fourth-order valence-electron chi connectivity index (χ4n) is 2.83. The van der Waals surface area contributed by atoms with Crippen molar-refractivity contribution in [2.45, 2.75) is 19.8 Å². The lowest BCUT2D eigenvalue weighted by Gasteiger charge is -2.15. The number of ketones is 1. The minimum absolute atomic E-state index is 0.0916. The summed E-state index contributed by atoms with van der Waals surface area (Å²) < 4.78 is 13.4. The Morgan fingerprint density at radius 2 is 1.59 bits per heavy atom. The quantitative estimate of drug-likeness (QED) is 0.642. The summed E-state index contributed by atoms with van der Waals surface area (Å²) in [6, 6.07) is 20.3. The Kier molecular flexibility index (Phi) is 5.46. The zero-order chi connectivity index (χ0) is 19.4. The summed E-state index contributed by atoms with van der Waals surface area (Å²) in [5.41, 5.74) is 3.08. The van der Waals surface area contributed by atoms with Gasteiger partial charge in [0.25, 0.3) is 0 Å². The first kappa shape index (κ1) is 18.5. The van der Waals surface area contributed by atoms with E-state index in [9.17, 15) is 14.0 Å². The molecule has 0 aromatic heterocycles. The van der Waals surface area contributed by atoms with E-state index in [2.05, 4.69) is 5.32 Å². The van der Waals surface area contributed by atoms with Crippen molar-refractivity contribution in [3.63, 3.8) is 0 Å². The van der Waals surface area contributed by atoms with Gasteiger partial charge < -0.3 is 5.32 Å². The first-order chi connectivity index (χ1) is 13.0. The van der Waals surface area contributed by atoms with E-state index in [-0.39, 0.29) is 11.7 Å². The second-order valence-electron chi connectivity index (χ2n) is 6.49. The van der Waals surface area contributed by atoms with Crippen molar-refractivity contribution in [1.29, 1.82) is 0 Å². The zero-order valence-electron chi connectivity index (χ0n) is 15.2. The molecule has 0 spiro atoms. The Hall–Kier alpha value is -3.27. The van der Waals surface area contributed by atoms with E-state index in [1.807, 2.05) is 24.3 Å². The third-order valence-corrected chi connectivity index (χ3v) is 4.54. The first-order valence-electron chi connectivity index (χ1n) is 8.72. The maximum atomic E-state index is 13.4. The average Bonchev–Trinajstić information content (AvgIpc) is 2.70. The van der Waals surface area contributed by atoms with Gasteiger partial charge in [-0.1, -0.05) is 54.6 Å². The van der Waals surface area contributed by atoms with E-state index in [1.54, 1.807) is 50.2 Å². The molecule has 0 bridgehead atoms. The number of rotatable bonds is 5. The molecule has 1 atom stereocenters. The summed E-state index contributed by atoms with van der Waals surface area (Å²) in [7, 11) is 0. The summed E-state index contributed by atoms with van der Waals surface area (Å²) >= 11 is 0. The maximum absolute atomic E-state index is 13.4. The molecule has 27 heavy (non-hydrogen) atoms. The second-order valence-corrected chi connectivity index (χ2v) is 6.49. The molecule has 1 amide bonds. The largest absolute Gasteiger partial charge is 0.325 e. The normalized spacial score (nSPS) is 11.7. The number of anilines is 1. The minimum Gasteiger partial charge on any atom is -0.325 e. The smallest absolute Gasteiger partial charge is 0.231 e. The molecule has 0 aliphatic carbocycles. The van der Waals surface area contributed by atoms with Gasteiger partial charge in [-0.2, -0.15) is 0 Å². The van der Waals surface area contributed by atoms with Crippen molar-refractivity contribution in [1.82, 2.24) is 0 Å². The van der Waals surface area contributed by atoms with Crippen LogP contribution in [0.2, 0.25) is 0 Å². The maximum Gasteiger partial charge on any atom is 0.231 e. The molecule has 4 heteroatoms. The zero-order valence-corrected chi connectivity index (χ0v) is 15.2. The highest BCUT2D eigenvalue weighted by atomic mass is 19.1. The number of carbonyl (C=O) groups is 2. The molecule has 0 fully saturated rings. The molecule has 0 saturated heterocycles. The van der Waals surface area contributed by atoms with Crippen molar-refractivity contribution in [3.05, 3.63) is 101 Å². The highest BCUT2D eigenvalue weighted by Crippen LogP contribution is 2.22. The average molecular weight is 361 g/mol. The van der Waals surface area contributed by atoms with Gasteiger partial charge >= 0.3 is 0 Å². The summed E-state index contributed by atoms with van der Waals surface area (Å²) in [6.07, 6.45) is 0. The van der Waals surface area contributed by atoms with Crippen LogP contribution >= 0.6 is 0 Å². The molecule has 0 aliphatic heterocycles. The second kappa shape index (κ2) is 7.96. The number of hydrogen-bond acceptors (Lipinski definition) is 2.